The first kappa shape index (κ1) is 39.4. The lowest BCUT2D eigenvalue weighted by Gasteiger charge is -2.37. The number of nitrogens with one attached hydrogen (secondary N) is 2. The number of rotatable bonds is 13. The largest absolute Gasteiger partial charge is 0.493 e. The molecule has 3 aromatic carbocycles. The van der Waals surface area contributed by atoms with E-state index in [2.05, 4.69) is 35.3 Å². The van der Waals surface area contributed by atoms with Crippen LogP contribution in [-0.2, 0) is 9.59 Å². The number of piperidine rings is 2. The van der Waals surface area contributed by atoms with Gasteiger partial charge in [-0.05, 0) is 100 Å². The van der Waals surface area contributed by atoms with E-state index < -0.39 is 29.6 Å². The van der Waals surface area contributed by atoms with Crippen LogP contribution in [-0.4, -0.2) is 120 Å². The number of ether oxygens (including phenoxy) is 2. The van der Waals surface area contributed by atoms with Gasteiger partial charge in [-0.1, -0.05) is 11.6 Å². The molecular formula is C42H46ClFN8O6. The predicted octanol–water partition coefficient (Wildman–Crippen LogP) is 5.27. The van der Waals surface area contributed by atoms with Crippen molar-refractivity contribution >= 4 is 63.3 Å². The number of methoxy groups -OCH3 is 1. The van der Waals surface area contributed by atoms with Gasteiger partial charge in [0.25, 0.3) is 11.8 Å². The fourth-order valence-electron chi connectivity index (χ4n) is 8.37. The van der Waals surface area contributed by atoms with Gasteiger partial charge in [-0.25, -0.2) is 14.4 Å². The number of hydrogen-bond donors (Lipinski definition) is 2. The van der Waals surface area contributed by atoms with Crippen molar-refractivity contribution in [1.82, 2.24) is 30.0 Å². The van der Waals surface area contributed by atoms with Crippen molar-refractivity contribution < 1.29 is 33.0 Å². The molecule has 0 bridgehead atoms. The molecule has 0 spiro atoms. The van der Waals surface area contributed by atoms with Gasteiger partial charge in [0.15, 0.2) is 11.5 Å². The van der Waals surface area contributed by atoms with Crippen molar-refractivity contribution in [3.8, 4) is 11.5 Å². The Labute approximate surface area is 340 Å². The molecule has 3 fully saturated rings. The monoisotopic (exact) mass is 812 g/mol. The van der Waals surface area contributed by atoms with Gasteiger partial charge in [0.2, 0.25) is 11.8 Å². The lowest BCUT2D eigenvalue weighted by Crippen LogP contribution is -2.54. The first-order valence-corrected chi connectivity index (χ1v) is 20.3. The minimum absolute atomic E-state index is 0.0186. The lowest BCUT2D eigenvalue weighted by molar-refractivity contribution is -0.136. The molecule has 58 heavy (non-hydrogen) atoms. The van der Waals surface area contributed by atoms with Crippen LogP contribution in [0.5, 0.6) is 11.5 Å². The number of likely N-dealkylation sites (tertiary alicyclic amines) is 1. The van der Waals surface area contributed by atoms with E-state index in [4.69, 9.17) is 21.1 Å². The molecule has 1 atom stereocenters. The molecule has 4 aromatic rings. The summed E-state index contributed by atoms with van der Waals surface area (Å²) in [5.41, 5.74) is 2.79. The molecule has 4 aliphatic heterocycles. The fraction of sp³-hybridized carbons (Fsp3) is 0.429. The summed E-state index contributed by atoms with van der Waals surface area (Å²) in [5, 5.41) is 6.18. The number of anilines is 3. The molecule has 16 heteroatoms. The smallest absolute Gasteiger partial charge is 0.262 e. The van der Waals surface area contributed by atoms with E-state index in [1.807, 2.05) is 18.2 Å². The minimum atomic E-state index is -0.967. The molecule has 4 aliphatic rings. The van der Waals surface area contributed by atoms with Crippen molar-refractivity contribution in [1.29, 1.82) is 0 Å². The molecule has 4 amide bonds. The van der Waals surface area contributed by atoms with Crippen LogP contribution in [0.3, 0.4) is 0 Å². The minimum Gasteiger partial charge on any atom is -0.493 e. The molecule has 3 saturated heterocycles. The third-order valence-corrected chi connectivity index (χ3v) is 12.0. The zero-order chi connectivity index (χ0) is 40.3. The van der Waals surface area contributed by atoms with E-state index in [9.17, 15) is 23.6 Å². The molecule has 0 aliphatic carbocycles. The van der Waals surface area contributed by atoms with E-state index in [1.165, 1.54) is 37.7 Å². The second-order valence-corrected chi connectivity index (χ2v) is 15.7. The van der Waals surface area contributed by atoms with Crippen molar-refractivity contribution in [2.45, 2.75) is 44.6 Å². The highest BCUT2D eigenvalue weighted by atomic mass is 35.5. The molecule has 1 aromatic heterocycles. The Morgan fingerprint density at radius 2 is 1.64 bits per heavy atom. The summed E-state index contributed by atoms with van der Waals surface area (Å²) in [4.78, 5) is 67.5. The summed E-state index contributed by atoms with van der Waals surface area (Å²) in [6.45, 7) is 8.19. The van der Waals surface area contributed by atoms with Gasteiger partial charge in [0.05, 0.1) is 35.4 Å². The summed E-state index contributed by atoms with van der Waals surface area (Å²) in [6, 6.07) is 12.5. The molecule has 8 rings (SSSR count). The van der Waals surface area contributed by atoms with Crippen LogP contribution in [0.2, 0.25) is 5.02 Å². The van der Waals surface area contributed by atoms with Crippen LogP contribution in [0.1, 0.15) is 59.2 Å². The number of halogens is 2. The van der Waals surface area contributed by atoms with E-state index in [-0.39, 0.29) is 23.8 Å². The number of carbonyl (C=O) groups excluding carboxylic acids is 4. The number of hydrogen-bond acceptors (Lipinski definition) is 12. The normalized spacial score (nSPS) is 19.5. The Kier molecular flexibility index (Phi) is 11.7. The number of nitrogens with zero attached hydrogens (tertiary/aromatic N) is 6. The van der Waals surface area contributed by atoms with Gasteiger partial charge < -0.3 is 24.6 Å². The fourth-order valence-corrected chi connectivity index (χ4v) is 8.55. The van der Waals surface area contributed by atoms with Crippen LogP contribution >= 0.6 is 11.6 Å². The van der Waals surface area contributed by atoms with Crippen LogP contribution in [0.4, 0.5) is 21.6 Å². The highest BCUT2D eigenvalue weighted by Gasteiger charge is 2.44. The van der Waals surface area contributed by atoms with Crippen molar-refractivity contribution in [2.24, 2.45) is 5.92 Å². The topological polar surface area (TPSA) is 150 Å². The maximum atomic E-state index is 13.7. The van der Waals surface area contributed by atoms with Gasteiger partial charge in [0.1, 0.15) is 24.0 Å². The van der Waals surface area contributed by atoms with Gasteiger partial charge in [0, 0.05) is 62.0 Å². The summed E-state index contributed by atoms with van der Waals surface area (Å²) in [5.74, 6) is -0.0274. The first-order chi connectivity index (χ1) is 28.1. The molecule has 2 N–H and O–H groups in total. The number of imide groups is 2. The summed E-state index contributed by atoms with van der Waals surface area (Å²) in [7, 11) is 1.60. The molecule has 304 valence electrons. The average Bonchev–Trinajstić information content (AvgIpc) is 3.48. The third-order valence-electron chi connectivity index (χ3n) is 11.7. The quantitative estimate of drug-likeness (QED) is 0.134. The van der Waals surface area contributed by atoms with Crippen molar-refractivity contribution in [3.63, 3.8) is 0 Å². The Morgan fingerprint density at radius 1 is 0.862 bits per heavy atom. The number of piperazine rings is 1. The molecule has 0 saturated carbocycles. The molecule has 14 nitrogen and oxygen atoms in total. The standard InChI is InChI=1S/C42H46ClFN8O6/c1-57-36-23-31-34(45-25-46-39(31)47-27-3-6-33(44)32(43)21-27)24-37(36)58-20-2-12-49-13-9-26(10-14-49)11-15-50-16-18-51(19-17-50)28-4-5-29-30(22-28)42(56)52(41(29)55)35-7-8-38(53)48-40(35)54/h3-6,21-26,35H,2,7-20H2,1H3,(H,45,46,47)(H,48,53,54). The van der Waals surface area contributed by atoms with E-state index in [0.29, 0.717) is 52.2 Å². The van der Waals surface area contributed by atoms with E-state index in [1.54, 1.807) is 25.3 Å². The zero-order valence-corrected chi connectivity index (χ0v) is 33.1. The highest BCUT2D eigenvalue weighted by molar-refractivity contribution is 6.31. The summed E-state index contributed by atoms with van der Waals surface area (Å²) < 4.78 is 25.5. The van der Waals surface area contributed by atoms with Crippen LogP contribution in [0, 0.1) is 11.7 Å². The van der Waals surface area contributed by atoms with Gasteiger partial charge in [-0.2, -0.15) is 0 Å². The van der Waals surface area contributed by atoms with Gasteiger partial charge in [-0.3, -0.25) is 34.3 Å². The van der Waals surface area contributed by atoms with E-state index >= 15 is 0 Å². The second-order valence-electron chi connectivity index (χ2n) is 15.3. The highest BCUT2D eigenvalue weighted by Crippen LogP contribution is 2.36. The van der Waals surface area contributed by atoms with E-state index in [0.717, 1.165) is 74.8 Å². The summed E-state index contributed by atoms with van der Waals surface area (Å²) in [6.07, 6.45) is 6.10. The van der Waals surface area contributed by atoms with Crippen molar-refractivity contribution in [2.75, 3.05) is 76.3 Å². The Morgan fingerprint density at radius 3 is 2.40 bits per heavy atom. The van der Waals surface area contributed by atoms with Crippen molar-refractivity contribution in [3.05, 3.63) is 76.8 Å². The lowest BCUT2D eigenvalue weighted by atomic mass is 9.93. The number of fused-ring (bicyclic) bond motifs is 2. The Bertz CT molecular complexity index is 2230. The maximum Gasteiger partial charge on any atom is 0.262 e. The first-order valence-electron chi connectivity index (χ1n) is 19.9. The number of carbonyl (C=O) groups is 4. The summed E-state index contributed by atoms with van der Waals surface area (Å²) >= 11 is 5.96. The van der Waals surface area contributed by atoms with Crippen LogP contribution < -0.4 is 25.0 Å². The van der Waals surface area contributed by atoms with Gasteiger partial charge >= 0.3 is 0 Å². The van der Waals surface area contributed by atoms with Crippen LogP contribution in [0.25, 0.3) is 10.9 Å². The Hall–Kier alpha value is -5.38. The molecule has 0 radical (unpaired) electrons. The van der Waals surface area contributed by atoms with Crippen LogP contribution in [0.15, 0.2) is 54.9 Å². The SMILES string of the molecule is COc1cc2c(Nc3ccc(F)c(Cl)c3)ncnc2cc1OCCCN1CCC(CCN2CCN(c3ccc4c(c3)C(=O)N(C3CCC(=O)NC3=O)C4=O)CC2)CC1. The number of benzene rings is 3. The average molecular weight is 813 g/mol. The maximum absolute atomic E-state index is 13.7. The predicted molar refractivity (Wildman–Crippen MR) is 216 cm³/mol. The molecular weight excluding hydrogens is 767 g/mol. The second kappa shape index (κ2) is 17.2. The number of aromatic nitrogens is 2. The molecule has 1 unspecified atom stereocenters. The molecule has 5 heterocycles. The third kappa shape index (κ3) is 8.43. The Balaban J connectivity index is 0.749. The number of amides is 4. The van der Waals surface area contributed by atoms with Gasteiger partial charge in [-0.15, -0.1) is 0 Å². The zero-order valence-electron chi connectivity index (χ0n) is 32.3.